The third-order valence-corrected chi connectivity index (χ3v) is 5.30. The molecule has 0 saturated carbocycles. The van der Waals surface area contributed by atoms with Gasteiger partial charge in [-0.2, -0.15) is 0 Å². The zero-order valence-corrected chi connectivity index (χ0v) is 15.4. The van der Waals surface area contributed by atoms with Crippen molar-refractivity contribution in [3.05, 3.63) is 23.8 Å². The average molecular weight is 348 g/mol. The van der Waals surface area contributed by atoms with Gasteiger partial charge < -0.3 is 19.9 Å². The van der Waals surface area contributed by atoms with Crippen molar-refractivity contribution in [2.24, 2.45) is 0 Å². The van der Waals surface area contributed by atoms with E-state index >= 15 is 0 Å². The lowest BCUT2D eigenvalue weighted by Crippen LogP contribution is -2.33. The molecule has 140 valence electrons. The van der Waals surface area contributed by atoms with Gasteiger partial charge in [0.2, 0.25) is 0 Å². The number of nitrogens with zero attached hydrogens (tertiary/aromatic N) is 1. The summed E-state index contributed by atoms with van der Waals surface area (Å²) in [5.74, 6) is 1.73. The van der Waals surface area contributed by atoms with Crippen LogP contribution in [0.15, 0.2) is 18.2 Å². The third kappa shape index (κ3) is 5.09. The fourth-order valence-electron chi connectivity index (χ4n) is 3.72. The van der Waals surface area contributed by atoms with Gasteiger partial charge in [-0.1, -0.05) is 6.07 Å². The maximum Gasteiger partial charge on any atom is 0.161 e. The van der Waals surface area contributed by atoms with Crippen molar-refractivity contribution in [3.63, 3.8) is 0 Å². The highest BCUT2D eigenvalue weighted by Crippen LogP contribution is 2.32. The van der Waals surface area contributed by atoms with Gasteiger partial charge >= 0.3 is 0 Å². The fourth-order valence-corrected chi connectivity index (χ4v) is 3.72. The van der Waals surface area contributed by atoms with Crippen LogP contribution in [0.4, 0.5) is 0 Å². The number of hydrogen-bond donors (Lipinski definition) is 2. The first kappa shape index (κ1) is 18.5. The van der Waals surface area contributed by atoms with E-state index in [1.807, 2.05) is 6.07 Å². The van der Waals surface area contributed by atoms with Crippen LogP contribution in [0.25, 0.3) is 0 Å². The Morgan fingerprint density at radius 1 is 1.20 bits per heavy atom. The Hall–Kier alpha value is -1.30. The molecule has 2 heterocycles. The number of likely N-dealkylation sites (tertiary alicyclic amines) is 1. The topological polar surface area (TPSA) is 54.0 Å². The average Bonchev–Trinajstić information content (AvgIpc) is 2.96. The molecule has 1 fully saturated rings. The van der Waals surface area contributed by atoms with Crippen LogP contribution < -0.4 is 14.8 Å². The molecule has 5 nitrogen and oxygen atoms in total. The second kappa shape index (κ2) is 9.41. The molecule has 1 saturated heterocycles. The third-order valence-electron chi connectivity index (χ3n) is 5.30. The lowest BCUT2D eigenvalue weighted by atomic mass is 10.1. The van der Waals surface area contributed by atoms with E-state index < -0.39 is 0 Å². The minimum absolute atomic E-state index is 0.300. The van der Waals surface area contributed by atoms with E-state index in [0.29, 0.717) is 18.7 Å². The van der Waals surface area contributed by atoms with Gasteiger partial charge in [-0.25, -0.2) is 0 Å². The van der Waals surface area contributed by atoms with Crippen LogP contribution >= 0.6 is 0 Å². The van der Waals surface area contributed by atoms with Crippen LogP contribution in [0.2, 0.25) is 0 Å². The summed E-state index contributed by atoms with van der Waals surface area (Å²) in [6.45, 7) is 7.21. The fraction of sp³-hybridized carbons (Fsp3) is 0.700. The van der Waals surface area contributed by atoms with Crippen molar-refractivity contribution in [2.45, 2.75) is 51.1 Å². The lowest BCUT2D eigenvalue weighted by molar-refractivity contribution is 0.157. The van der Waals surface area contributed by atoms with Crippen molar-refractivity contribution in [1.29, 1.82) is 0 Å². The van der Waals surface area contributed by atoms with Crippen molar-refractivity contribution >= 4 is 0 Å². The Bertz CT molecular complexity index is 538. The summed E-state index contributed by atoms with van der Waals surface area (Å²) in [6.07, 6.45) is 5.65. The Kier molecular flexibility index (Phi) is 6.96. The van der Waals surface area contributed by atoms with Gasteiger partial charge in [0, 0.05) is 18.5 Å². The van der Waals surface area contributed by atoms with E-state index in [9.17, 15) is 5.11 Å². The number of hydrogen-bond acceptors (Lipinski definition) is 5. The van der Waals surface area contributed by atoms with E-state index in [0.717, 1.165) is 63.6 Å². The van der Waals surface area contributed by atoms with E-state index in [1.54, 1.807) is 0 Å². The molecule has 1 aromatic rings. The summed E-state index contributed by atoms with van der Waals surface area (Å²) in [5, 5.41) is 13.0. The second-order valence-electron chi connectivity index (χ2n) is 7.15. The van der Waals surface area contributed by atoms with Crippen molar-refractivity contribution in [2.75, 3.05) is 39.5 Å². The van der Waals surface area contributed by atoms with Gasteiger partial charge in [0.1, 0.15) is 0 Å². The van der Waals surface area contributed by atoms with E-state index in [4.69, 9.17) is 9.47 Å². The number of ether oxygens (including phenoxy) is 2. The van der Waals surface area contributed by atoms with Crippen molar-refractivity contribution in [1.82, 2.24) is 10.2 Å². The number of aliphatic hydroxyl groups is 1. The SMILES string of the molecule is CC(NCCCCN1CCCC1CO)c1ccc2c(c1)OCCCO2. The summed E-state index contributed by atoms with van der Waals surface area (Å²) >= 11 is 0. The monoisotopic (exact) mass is 348 g/mol. The molecule has 3 rings (SSSR count). The maximum absolute atomic E-state index is 9.37. The molecular formula is C20H32N2O3. The molecule has 0 bridgehead atoms. The lowest BCUT2D eigenvalue weighted by Gasteiger charge is -2.22. The van der Waals surface area contributed by atoms with Crippen LogP contribution in [0, 0.1) is 0 Å². The smallest absolute Gasteiger partial charge is 0.161 e. The zero-order chi connectivity index (χ0) is 17.5. The first-order valence-electron chi connectivity index (χ1n) is 9.76. The predicted octanol–water partition coefficient (Wildman–Crippen LogP) is 2.74. The molecule has 5 heteroatoms. The molecule has 0 amide bonds. The molecule has 2 atom stereocenters. The molecule has 25 heavy (non-hydrogen) atoms. The Morgan fingerprint density at radius 3 is 2.88 bits per heavy atom. The van der Waals surface area contributed by atoms with Crippen LogP contribution in [-0.2, 0) is 0 Å². The van der Waals surface area contributed by atoms with E-state index in [-0.39, 0.29) is 0 Å². The Morgan fingerprint density at radius 2 is 2.04 bits per heavy atom. The first-order chi connectivity index (χ1) is 12.3. The normalized spacial score (nSPS) is 21.9. The number of benzene rings is 1. The number of unbranched alkanes of at least 4 members (excludes halogenated alkanes) is 1. The van der Waals surface area contributed by atoms with Crippen LogP contribution in [0.3, 0.4) is 0 Å². The molecule has 0 radical (unpaired) electrons. The minimum atomic E-state index is 0.300. The standard InChI is InChI=1S/C20H32N2O3/c1-16(17-7-8-19-20(14-17)25-13-5-12-24-19)21-9-2-3-10-22-11-4-6-18(22)15-23/h7-8,14,16,18,21,23H,2-6,9-13,15H2,1H3. The van der Waals surface area contributed by atoms with Crippen molar-refractivity contribution in [3.8, 4) is 11.5 Å². The molecule has 0 spiro atoms. The minimum Gasteiger partial charge on any atom is -0.490 e. The first-order valence-corrected chi connectivity index (χ1v) is 9.76. The van der Waals surface area contributed by atoms with Crippen LogP contribution in [0.5, 0.6) is 11.5 Å². The van der Waals surface area contributed by atoms with Crippen molar-refractivity contribution < 1.29 is 14.6 Å². The largest absolute Gasteiger partial charge is 0.490 e. The predicted molar refractivity (Wildman–Crippen MR) is 99.4 cm³/mol. The number of rotatable bonds is 8. The van der Waals surface area contributed by atoms with E-state index in [1.165, 1.54) is 18.4 Å². The molecule has 2 unspecified atom stereocenters. The summed E-state index contributed by atoms with van der Waals surface area (Å²) in [4.78, 5) is 2.44. The van der Waals surface area contributed by atoms with Gasteiger partial charge in [0.15, 0.2) is 11.5 Å². The summed E-state index contributed by atoms with van der Waals surface area (Å²) in [7, 11) is 0. The van der Waals surface area contributed by atoms with Gasteiger partial charge in [0.25, 0.3) is 0 Å². The highest BCUT2D eigenvalue weighted by Gasteiger charge is 2.22. The van der Waals surface area contributed by atoms with Crippen LogP contribution in [-0.4, -0.2) is 55.5 Å². The molecule has 0 aliphatic carbocycles. The van der Waals surface area contributed by atoms with Gasteiger partial charge in [-0.3, -0.25) is 4.90 Å². The van der Waals surface area contributed by atoms with Crippen LogP contribution in [0.1, 0.15) is 50.6 Å². The molecule has 2 aliphatic rings. The molecule has 2 N–H and O–H groups in total. The summed E-state index contributed by atoms with van der Waals surface area (Å²) < 4.78 is 11.5. The number of aliphatic hydroxyl groups excluding tert-OH is 1. The molecule has 0 aromatic heterocycles. The molecule has 1 aromatic carbocycles. The van der Waals surface area contributed by atoms with E-state index in [2.05, 4.69) is 29.3 Å². The molecular weight excluding hydrogens is 316 g/mol. The summed E-state index contributed by atoms with van der Waals surface area (Å²) in [5.41, 5.74) is 1.24. The quantitative estimate of drug-likeness (QED) is 0.708. The highest BCUT2D eigenvalue weighted by molar-refractivity contribution is 5.44. The highest BCUT2D eigenvalue weighted by atomic mass is 16.5. The number of nitrogens with one attached hydrogen (secondary N) is 1. The van der Waals surface area contributed by atoms with Gasteiger partial charge in [0.05, 0.1) is 19.8 Å². The van der Waals surface area contributed by atoms with Gasteiger partial charge in [-0.05, 0) is 69.9 Å². The maximum atomic E-state index is 9.37. The Labute approximate surface area is 151 Å². The summed E-state index contributed by atoms with van der Waals surface area (Å²) in [6, 6.07) is 6.95. The second-order valence-corrected chi connectivity index (χ2v) is 7.15. The zero-order valence-electron chi connectivity index (χ0n) is 15.4. The van der Waals surface area contributed by atoms with Gasteiger partial charge in [-0.15, -0.1) is 0 Å². The molecule has 2 aliphatic heterocycles. The number of fused-ring (bicyclic) bond motifs is 1. The Balaban J connectivity index is 1.39.